The van der Waals surface area contributed by atoms with Gasteiger partial charge in [0.1, 0.15) is 12.4 Å². The number of hydrogen-bond acceptors (Lipinski definition) is 4. The maximum atomic E-state index is 13.1. The number of rotatable bonds is 6. The van der Waals surface area contributed by atoms with Crippen molar-refractivity contribution in [2.75, 3.05) is 19.4 Å². The summed E-state index contributed by atoms with van der Waals surface area (Å²) in [5.74, 6) is 1.78. The first-order chi connectivity index (χ1) is 15.7. The third-order valence-corrected chi connectivity index (χ3v) is 7.88. The highest BCUT2D eigenvalue weighted by atomic mass is 32.2. The van der Waals surface area contributed by atoms with Crippen molar-refractivity contribution in [3.05, 3.63) is 95.6 Å². The molecule has 1 fully saturated rings. The normalized spacial score (nSPS) is 21.2. The molecule has 1 saturated heterocycles. The van der Waals surface area contributed by atoms with Gasteiger partial charge in [0.05, 0.1) is 7.11 Å². The summed E-state index contributed by atoms with van der Waals surface area (Å²) in [5.41, 5.74) is 3.52. The van der Waals surface area contributed by atoms with Crippen LogP contribution in [0.3, 0.4) is 0 Å². The summed E-state index contributed by atoms with van der Waals surface area (Å²) in [6.07, 6.45) is 1.59. The van der Waals surface area contributed by atoms with Gasteiger partial charge in [-0.05, 0) is 53.8 Å². The zero-order valence-corrected chi connectivity index (χ0v) is 19.0. The summed E-state index contributed by atoms with van der Waals surface area (Å²) in [4.78, 5) is 16.3. The molecule has 2 bridgehead atoms. The molecule has 2 aliphatic rings. The highest BCUT2D eigenvalue weighted by Crippen LogP contribution is 2.49. The van der Waals surface area contributed by atoms with Crippen molar-refractivity contribution in [3.63, 3.8) is 0 Å². The quantitative estimate of drug-likeness (QED) is 0.457. The van der Waals surface area contributed by atoms with Crippen LogP contribution in [0, 0.1) is 0 Å². The summed E-state index contributed by atoms with van der Waals surface area (Å²) in [6.45, 7) is 0.973. The summed E-state index contributed by atoms with van der Waals surface area (Å²) in [7, 11) is 1.71. The van der Waals surface area contributed by atoms with Crippen LogP contribution in [-0.2, 0) is 23.2 Å². The number of thioether (sulfide) groups is 1. The van der Waals surface area contributed by atoms with Crippen molar-refractivity contribution >= 4 is 17.9 Å². The topological polar surface area (TPSA) is 38.8 Å². The lowest BCUT2D eigenvalue weighted by atomic mass is 9.72. The number of likely N-dealkylation sites (tertiary alicyclic amines) is 1. The average molecular weight is 446 g/mol. The van der Waals surface area contributed by atoms with E-state index in [4.69, 9.17) is 9.47 Å². The standard InChI is InChI=1S/C27H27NO3S/c1-30-23-13-12-21-14-22-16-27(25(21)15-23,19-32-24-10-6-3-7-11-24)18-28(22)26(29)31-17-20-8-4-2-5-9-20/h2-13,15,22H,14,16-19H2,1H3/t22-,27+/m1/s1. The molecule has 5 rings (SSSR count). The maximum absolute atomic E-state index is 13.1. The number of ether oxygens (including phenoxy) is 2. The van der Waals surface area contributed by atoms with Crippen molar-refractivity contribution in [2.45, 2.75) is 35.8 Å². The Kier molecular flexibility index (Phi) is 5.83. The first-order valence-corrected chi connectivity index (χ1v) is 12.0. The average Bonchev–Trinajstić information content (AvgIpc) is 3.16. The van der Waals surface area contributed by atoms with E-state index >= 15 is 0 Å². The Hall–Kier alpha value is -2.92. The smallest absolute Gasteiger partial charge is 0.410 e. The van der Waals surface area contributed by atoms with Gasteiger partial charge in [0.2, 0.25) is 0 Å². The lowest BCUT2D eigenvalue weighted by molar-refractivity contribution is 0.0917. The van der Waals surface area contributed by atoms with Gasteiger partial charge >= 0.3 is 6.09 Å². The molecule has 4 nitrogen and oxygen atoms in total. The van der Waals surface area contributed by atoms with Gasteiger partial charge in [-0.15, -0.1) is 11.8 Å². The molecule has 1 aliphatic carbocycles. The molecule has 0 spiro atoms. The molecule has 0 aromatic heterocycles. The Bertz CT molecular complexity index is 1090. The number of carbonyl (C=O) groups is 1. The van der Waals surface area contributed by atoms with E-state index < -0.39 is 0 Å². The molecule has 0 N–H and O–H groups in total. The third kappa shape index (κ3) is 4.09. The largest absolute Gasteiger partial charge is 0.497 e. The van der Waals surface area contributed by atoms with Crippen LogP contribution >= 0.6 is 11.8 Å². The highest BCUT2D eigenvalue weighted by molar-refractivity contribution is 7.99. The summed E-state index contributed by atoms with van der Waals surface area (Å²) in [6, 6.07) is 26.9. The fourth-order valence-corrected chi connectivity index (χ4v) is 6.16. The number of amides is 1. The van der Waals surface area contributed by atoms with E-state index in [0.717, 1.165) is 29.9 Å². The van der Waals surface area contributed by atoms with E-state index in [9.17, 15) is 4.79 Å². The lowest BCUT2D eigenvalue weighted by Crippen LogP contribution is -2.37. The number of benzene rings is 3. The van der Waals surface area contributed by atoms with Crippen molar-refractivity contribution in [2.24, 2.45) is 0 Å². The van der Waals surface area contributed by atoms with Crippen LogP contribution in [0.2, 0.25) is 0 Å². The van der Waals surface area contributed by atoms with E-state index in [1.165, 1.54) is 16.0 Å². The Morgan fingerprint density at radius 3 is 2.56 bits per heavy atom. The number of fused-ring (bicyclic) bond motifs is 4. The van der Waals surface area contributed by atoms with Crippen molar-refractivity contribution in [1.82, 2.24) is 4.90 Å². The van der Waals surface area contributed by atoms with Crippen molar-refractivity contribution < 1.29 is 14.3 Å². The van der Waals surface area contributed by atoms with Gasteiger partial charge in [-0.25, -0.2) is 4.79 Å². The second-order valence-electron chi connectivity index (χ2n) is 8.64. The molecule has 0 radical (unpaired) electrons. The molecule has 5 heteroatoms. The molecule has 1 aliphatic heterocycles. The van der Waals surface area contributed by atoms with Gasteiger partial charge < -0.3 is 14.4 Å². The molecule has 1 amide bonds. The van der Waals surface area contributed by atoms with Crippen LogP contribution < -0.4 is 4.74 Å². The van der Waals surface area contributed by atoms with Crippen LogP contribution in [0.15, 0.2) is 83.8 Å². The predicted octanol–water partition coefficient (Wildman–Crippen LogP) is 5.69. The van der Waals surface area contributed by atoms with Gasteiger partial charge in [-0.1, -0.05) is 54.6 Å². The second kappa shape index (κ2) is 8.91. The zero-order chi connectivity index (χ0) is 22.0. The minimum Gasteiger partial charge on any atom is -0.497 e. The van der Waals surface area contributed by atoms with Crippen LogP contribution in [0.25, 0.3) is 0 Å². The van der Waals surface area contributed by atoms with Crippen LogP contribution in [0.5, 0.6) is 5.75 Å². The Morgan fingerprint density at radius 1 is 1.06 bits per heavy atom. The molecule has 3 aromatic rings. The van der Waals surface area contributed by atoms with Gasteiger partial charge in [0.15, 0.2) is 0 Å². The zero-order valence-electron chi connectivity index (χ0n) is 18.2. The van der Waals surface area contributed by atoms with E-state index in [1.54, 1.807) is 7.11 Å². The maximum Gasteiger partial charge on any atom is 0.410 e. The lowest BCUT2D eigenvalue weighted by Gasteiger charge is -2.34. The van der Waals surface area contributed by atoms with Crippen molar-refractivity contribution in [3.8, 4) is 5.75 Å². The Labute approximate surface area is 193 Å². The molecule has 3 aromatic carbocycles. The minimum absolute atomic E-state index is 0.112. The van der Waals surface area contributed by atoms with Crippen LogP contribution in [-0.4, -0.2) is 36.4 Å². The first kappa shape index (κ1) is 21.0. The number of carbonyl (C=O) groups excluding carboxylic acids is 1. The van der Waals surface area contributed by atoms with Gasteiger partial charge in [0, 0.05) is 28.6 Å². The van der Waals surface area contributed by atoms with Crippen LogP contribution in [0.4, 0.5) is 4.79 Å². The molecular weight excluding hydrogens is 418 g/mol. The van der Waals surface area contributed by atoms with Gasteiger partial charge in [-0.3, -0.25) is 0 Å². The van der Waals surface area contributed by atoms with E-state index in [2.05, 4.69) is 36.4 Å². The number of nitrogens with zero attached hydrogens (tertiary/aromatic N) is 1. The molecule has 164 valence electrons. The summed E-state index contributed by atoms with van der Waals surface area (Å²) in [5, 5.41) is 0. The van der Waals surface area contributed by atoms with Gasteiger partial charge in [0.25, 0.3) is 0 Å². The minimum atomic E-state index is -0.217. The fourth-order valence-electron chi connectivity index (χ4n) is 5.00. The van der Waals surface area contributed by atoms with E-state index in [0.29, 0.717) is 13.2 Å². The second-order valence-corrected chi connectivity index (χ2v) is 9.68. The third-order valence-electron chi connectivity index (χ3n) is 6.58. The Balaban J connectivity index is 1.39. The van der Waals surface area contributed by atoms with Crippen molar-refractivity contribution in [1.29, 1.82) is 0 Å². The summed E-state index contributed by atoms with van der Waals surface area (Å²) < 4.78 is 11.3. The fraction of sp³-hybridized carbons (Fsp3) is 0.296. The molecular formula is C27H27NO3S. The molecule has 0 saturated carbocycles. The highest BCUT2D eigenvalue weighted by Gasteiger charge is 2.51. The molecule has 2 atom stereocenters. The monoisotopic (exact) mass is 445 g/mol. The van der Waals surface area contributed by atoms with E-state index in [1.807, 2.05) is 59.1 Å². The predicted molar refractivity (Wildman–Crippen MR) is 127 cm³/mol. The summed E-state index contributed by atoms with van der Waals surface area (Å²) >= 11 is 1.86. The SMILES string of the molecule is COc1ccc2c(c1)[C@@]1(CSc3ccccc3)C[C@@H](C2)N(C(=O)OCc2ccccc2)C1. The molecule has 1 heterocycles. The Morgan fingerprint density at radius 2 is 1.81 bits per heavy atom. The number of hydrogen-bond donors (Lipinski definition) is 0. The van der Waals surface area contributed by atoms with E-state index in [-0.39, 0.29) is 17.6 Å². The molecule has 32 heavy (non-hydrogen) atoms. The number of methoxy groups -OCH3 is 1. The molecule has 0 unspecified atom stereocenters. The first-order valence-electron chi connectivity index (χ1n) is 11.0. The van der Waals surface area contributed by atoms with Gasteiger partial charge in [-0.2, -0.15) is 0 Å². The van der Waals surface area contributed by atoms with Crippen LogP contribution in [0.1, 0.15) is 23.1 Å².